The van der Waals surface area contributed by atoms with Crippen LogP contribution in [0.5, 0.6) is 0 Å². The summed E-state index contributed by atoms with van der Waals surface area (Å²) in [5.41, 5.74) is 7.52. The van der Waals surface area contributed by atoms with E-state index in [-0.39, 0.29) is 11.5 Å². The van der Waals surface area contributed by atoms with E-state index in [0.29, 0.717) is 39.4 Å². The summed E-state index contributed by atoms with van der Waals surface area (Å²) >= 11 is 0. The summed E-state index contributed by atoms with van der Waals surface area (Å²) in [6.07, 6.45) is 1.59. The van der Waals surface area contributed by atoms with Crippen molar-refractivity contribution in [3.63, 3.8) is 0 Å². The molecular formula is C21H17N5O2. The molecule has 7 nitrogen and oxygen atoms in total. The molecule has 2 heterocycles. The van der Waals surface area contributed by atoms with Crippen molar-refractivity contribution >= 4 is 28.3 Å². The molecular weight excluding hydrogens is 354 g/mol. The van der Waals surface area contributed by atoms with Crippen molar-refractivity contribution in [2.45, 2.75) is 0 Å². The van der Waals surface area contributed by atoms with Gasteiger partial charge in [0.1, 0.15) is 11.6 Å². The van der Waals surface area contributed by atoms with E-state index in [9.17, 15) is 9.59 Å². The lowest BCUT2D eigenvalue weighted by Crippen LogP contribution is -2.22. The van der Waals surface area contributed by atoms with Gasteiger partial charge in [0.05, 0.1) is 16.5 Å². The Bertz CT molecular complexity index is 1250. The predicted molar refractivity (Wildman–Crippen MR) is 109 cm³/mol. The molecule has 0 aliphatic rings. The van der Waals surface area contributed by atoms with Gasteiger partial charge in [0.15, 0.2) is 0 Å². The summed E-state index contributed by atoms with van der Waals surface area (Å²) in [5, 5.41) is 3.10. The molecule has 0 fully saturated rings. The number of hydrogen-bond acceptors (Lipinski definition) is 5. The van der Waals surface area contributed by atoms with Gasteiger partial charge in [-0.1, -0.05) is 24.3 Å². The molecule has 0 aliphatic carbocycles. The van der Waals surface area contributed by atoms with Crippen molar-refractivity contribution in [3.05, 3.63) is 82.8 Å². The van der Waals surface area contributed by atoms with E-state index < -0.39 is 0 Å². The van der Waals surface area contributed by atoms with Crippen molar-refractivity contribution in [2.24, 2.45) is 7.05 Å². The fraction of sp³-hybridized carbons (Fsp3) is 0.0476. The third-order valence-electron chi connectivity index (χ3n) is 4.40. The normalized spacial score (nSPS) is 10.8. The molecule has 0 bridgehead atoms. The highest BCUT2D eigenvalue weighted by atomic mass is 16.2. The Morgan fingerprint density at radius 3 is 2.64 bits per heavy atom. The lowest BCUT2D eigenvalue weighted by molar-refractivity contribution is 0.102. The van der Waals surface area contributed by atoms with Crippen molar-refractivity contribution in [1.82, 2.24) is 14.5 Å². The van der Waals surface area contributed by atoms with Crippen LogP contribution >= 0.6 is 0 Å². The molecule has 0 saturated heterocycles. The first-order valence-corrected chi connectivity index (χ1v) is 8.62. The van der Waals surface area contributed by atoms with Gasteiger partial charge < -0.3 is 11.1 Å². The van der Waals surface area contributed by atoms with Gasteiger partial charge in [-0.15, -0.1) is 0 Å². The average molecular weight is 371 g/mol. The van der Waals surface area contributed by atoms with E-state index in [0.717, 1.165) is 0 Å². The molecule has 28 heavy (non-hydrogen) atoms. The second kappa shape index (κ2) is 6.96. The molecule has 2 aromatic heterocycles. The Kier molecular flexibility index (Phi) is 4.33. The molecule has 0 saturated carbocycles. The van der Waals surface area contributed by atoms with Gasteiger partial charge in [-0.3, -0.25) is 14.2 Å². The second-order valence-corrected chi connectivity index (χ2v) is 6.30. The van der Waals surface area contributed by atoms with Crippen LogP contribution in [0.2, 0.25) is 0 Å². The molecule has 0 aliphatic heterocycles. The lowest BCUT2D eigenvalue weighted by atomic mass is 10.1. The number of anilines is 2. The molecule has 138 valence electrons. The number of aromatic nitrogens is 3. The number of carbonyl (C=O) groups is 1. The van der Waals surface area contributed by atoms with Gasteiger partial charge in [0.25, 0.3) is 11.5 Å². The number of para-hydroxylation sites is 1. The number of amides is 1. The minimum Gasteiger partial charge on any atom is -0.399 e. The van der Waals surface area contributed by atoms with Crippen LogP contribution < -0.4 is 16.6 Å². The molecule has 4 rings (SSSR count). The fourth-order valence-electron chi connectivity index (χ4n) is 3.03. The van der Waals surface area contributed by atoms with Crippen LogP contribution in [0, 0.1) is 0 Å². The summed E-state index contributed by atoms with van der Waals surface area (Å²) in [6.45, 7) is 0. The van der Waals surface area contributed by atoms with Crippen LogP contribution in [0.1, 0.15) is 10.4 Å². The summed E-state index contributed by atoms with van der Waals surface area (Å²) in [6, 6.07) is 17.3. The van der Waals surface area contributed by atoms with Crippen LogP contribution in [-0.4, -0.2) is 20.4 Å². The molecule has 3 N–H and O–H groups in total. The highest BCUT2D eigenvalue weighted by Gasteiger charge is 2.17. The number of nitrogens with two attached hydrogens (primary N) is 1. The maximum Gasteiger partial charge on any atom is 0.261 e. The maximum absolute atomic E-state index is 12.9. The van der Waals surface area contributed by atoms with Crippen molar-refractivity contribution in [3.8, 4) is 11.4 Å². The number of carbonyl (C=O) groups excluding carboxylic acids is 1. The number of rotatable bonds is 3. The summed E-state index contributed by atoms with van der Waals surface area (Å²) in [4.78, 5) is 34.4. The van der Waals surface area contributed by atoms with Gasteiger partial charge in [0, 0.05) is 24.5 Å². The van der Waals surface area contributed by atoms with Crippen LogP contribution in [0.15, 0.2) is 71.7 Å². The topological polar surface area (TPSA) is 103 Å². The Labute approximate surface area is 160 Å². The molecule has 1 amide bonds. The number of fused-ring (bicyclic) bond motifs is 1. The van der Waals surface area contributed by atoms with Gasteiger partial charge in [0.2, 0.25) is 0 Å². The van der Waals surface area contributed by atoms with Crippen LogP contribution in [0.25, 0.3) is 22.3 Å². The standard InChI is InChI=1S/C21H17N5O2/c1-26-19(13-6-4-7-14(22)12-13)25-18-15(8-5-9-16(18)21(26)28)20(27)24-17-10-2-3-11-23-17/h2-12H,22H2,1H3,(H,23,24,27). The molecule has 0 atom stereocenters. The zero-order valence-corrected chi connectivity index (χ0v) is 15.1. The minimum atomic E-state index is -0.386. The number of benzene rings is 2. The number of nitrogen functional groups attached to an aromatic ring is 1. The Balaban J connectivity index is 1.89. The lowest BCUT2D eigenvalue weighted by Gasteiger charge is -2.12. The summed E-state index contributed by atoms with van der Waals surface area (Å²) < 4.78 is 1.46. The molecule has 7 heteroatoms. The van der Waals surface area contributed by atoms with Gasteiger partial charge in [-0.2, -0.15) is 0 Å². The monoisotopic (exact) mass is 371 g/mol. The fourth-order valence-corrected chi connectivity index (χ4v) is 3.03. The number of nitrogens with zero attached hydrogens (tertiary/aromatic N) is 3. The van der Waals surface area contributed by atoms with Crippen molar-refractivity contribution in [2.75, 3.05) is 11.1 Å². The zero-order chi connectivity index (χ0) is 19.7. The molecule has 0 radical (unpaired) electrons. The predicted octanol–water partition coefficient (Wildman–Crippen LogP) is 2.83. The number of nitrogens with one attached hydrogen (secondary N) is 1. The maximum atomic E-state index is 12.9. The van der Waals surface area contributed by atoms with E-state index in [1.54, 1.807) is 67.8 Å². The molecule has 0 unspecified atom stereocenters. The first-order valence-electron chi connectivity index (χ1n) is 8.62. The number of pyridine rings is 1. The zero-order valence-electron chi connectivity index (χ0n) is 15.1. The SMILES string of the molecule is Cn1c(-c2cccc(N)c2)nc2c(C(=O)Nc3ccccn3)cccc2c1=O. The van der Waals surface area contributed by atoms with Gasteiger partial charge >= 0.3 is 0 Å². The number of hydrogen-bond donors (Lipinski definition) is 2. The second-order valence-electron chi connectivity index (χ2n) is 6.30. The largest absolute Gasteiger partial charge is 0.399 e. The van der Waals surface area contributed by atoms with Crippen LogP contribution in [0.3, 0.4) is 0 Å². The molecule has 2 aromatic carbocycles. The van der Waals surface area contributed by atoms with E-state index in [1.807, 2.05) is 6.07 Å². The Morgan fingerprint density at radius 1 is 1.07 bits per heavy atom. The van der Waals surface area contributed by atoms with E-state index in [4.69, 9.17) is 5.73 Å². The van der Waals surface area contributed by atoms with Gasteiger partial charge in [-0.25, -0.2) is 9.97 Å². The third-order valence-corrected chi connectivity index (χ3v) is 4.40. The van der Waals surface area contributed by atoms with E-state index in [1.165, 1.54) is 4.57 Å². The highest BCUT2D eigenvalue weighted by molar-refractivity contribution is 6.11. The van der Waals surface area contributed by atoms with E-state index >= 15 is 0 Å². The third kappa shape index (κ3) is 3.09. The smallest absolute Gasteiger partial charge is 0.261 e. The van der Waals surface area contributed by atoms with Crippen molar-refractivity contribution in [1.29, 1.82) is 0 Å². The minimum absolute atomic E-state index is 0.241. The van der Waals surface area contributed by atoms with Crippen LogP contribution in [-0.2, 0) is 7.05 Å². The van der Waals surface area contributed by atoms with Crippen molar-refractivity contribution < 1.29 is 4.79 Å². The molecule has 4 aromatic rings. The molecule has 0 spiro atoms. The van der Waals surface area contributed by atoms with Crippen LogP contribution in [0.4, 0.5) is 11.5 Å². The first-order chi connectivity index (χ1) is 13.5. The summed E-state index contributed by atoms with van der Waals surface area (Å²) in [5.74, 6) is 0.468. The Hall–Kier alpha value is -4.00. The Morgan fingerprint density at radius 2 is 1.89 bits per heavy atom. The summed E-state index contributed by atoms with van der Waals surface area (Å²) in [7, 11) is 1.65. The van der Waals surface area contributed by atoms with E-state index in [2.05, 4.69) is 15.3 Å². The quantitative estimate of drug-likeness (QED) is 0.539. The first kappa shape index (κ1) is 17.4. The van der Waals surface area contributed by atoms with Gasteiger partial charge in [-0.05, 0) is 36.4 Å². The average Bonchev–Trinajstić information content (AvgIpc) is 2.71. The highest BCUT2D eigenvalue weighted by Crippen LogP contribution is 2.22.